The summed E-state index contributed by atoms with van der Waals surface area (Å²) in [4.78, 5) is 34.6. The number of pyridine rings is 1. The lowest BCUT2D eigenvalue weighted by molar-refractivity contribution is -0.119. The summed E-state index contributed by atoms with van der Waals surface area (Å²) < 4.78 is 61.3. The van der Waals surface area contributed by atoms with Gasteiger partial charge >= 0.3 is 0 Å². The van der Waals surface area contributed by atoms with Gasteiger partial charge in [-0.15, -0.1) is 0 Å². The summed E-state index contributed by atoms with van der Waals surface area (Å²) in [6.07, 6.45) is 4.20. The molecule has 1 aromatic carbocycles. The smallest absolute Gasteiger partial charge is 0.255 e. The molecule has 2 heterocycles. The van der Waals surface area contributed by atoms with Gasteiger partial charge in [-0.3, -0.25) is 9.59 Å². The molecule has 2 aromatic heterocycles. The molecule has 3 atom stereocenters. The van der Waals surface area contributed by atoms with Crippen molar-refractivity contribution in [2.24, 2.45) is 11.3 Å². The van der Waals surface area contributed by atoms with Gasteiger partial charge in [0.05, 0.1) is 12.4 Å². The van der Waals surface area contributed by atoms with Gasteiger partial charge in [-0.25, -0.2) is 27.5 Å². The number of halogens is 4. The number of aromatic nitrogens is 3. The number of anilines is 1. The zero-order valence-electron chi connectivity index (χ0n) is 18.2. The molecule has 182 valence electrons. The fraction of sp³-hybridized carbons (Fsp3) is 0.333. The third kappa shape index (κ3) is 4.62. The van der Waals surface area contributed by atoms with Crippen LogP contribution in [0, 0.1) is 23.0 Å². The molecule has 0 saturated heterocycles. The zero-order valence-corrected chi connectivity index (χ0v) is 18.2. The van der Waals surface area contributed by atoms with Gasteiger partial charge < -0.3 is 15.0 Å². The number of benzene rings is 1. The number of aromatic amines is 1. The Kier molecular flexibility index (Phi) is 5.57. The Morgan fingerprint density at radius 1 is 1.09 bits per heavy atom. The Balaban J connectivity index is 1.23. The summed E-state index contributed by atoms with van der Waals surface area (Å²) in [6.45, 7) is 0. The summed E-state index contributed by atoms with van der Waals surface area (Å²) >= 11 is 0. The normalized spacial score (nSPS) is 24.7. The summed E-state index contributed by atoms with van der Waals surface area (Å²) in [5.41, 5.74) is -0.561. The Morgan fingerprint density at radius 2 is 1.91 bits per heavy atom. The number of hydrogen-bond donors (Lipinski definition) is 2. The molecule has 2 saturated carbocycles. The number of amides is 1. The number of nitrogens with zero attached hydrogens (tertiary/aromatic N) is 2. The van der Waals surface area contributed by atoms with E-state index in [-0.39, 0.29) is 48.2 Å². The van der Waals surface area contributed by atoms with E-state index in [9.17, 15) is 27.2 Å². The lowest BCUT2D eigenvalue weighted by Gasteiger charge is -2.37. The first-order valence-corrected chi connectivity index (χ1v) is 11.0. The second kappa shape index (κ2) is 8.47. The molecule has 35 heavy (non-hydrogen) atoms. The average molecular weight is 488 g/mol. The van der Waals surface area contributed by atoms with Crippen LogP contribution >= 0.6 is 0 Å². The predicted molar refractivity (Wildman–Crippen MR) is 116 cm³/mol. The number of carbonyl (C=O) groups is 1. The van der Waals surface area contributed by atoms with Gasteiger partial charge in [0, 0.05) is 36.6 Å². The number of ether oxygens (including phenoxy) is 1. The fourth-order valence-electron chi connectivity index (χ4n) is 4.79. The number of rotatable bonds is 5. The number of H-pyrrole nitrogens is 1. The van der Waals surface area contributed by atoms with E-state index in [1.54, 1.807) is 0 Å². The monoisotopic (exact) mass is 488 g/mol. The molecule has 2 aliphatic rings. The maximum Gasteiger partial charge on any atom is 0.255 e. The van der Waals surface area contributed by atoms with Crippen molar-refractivity contribution in [3.05, 3.63) is 76.5 Å². The average Bonchev–Trinajstić information content (AvgIpc) is 3.53. The molecule has 1 amide bonds. The maximum atomic E-state index is 14.7. The highest BCUT2D eigenvalue weighted by molar-refractivity contribution is 5.94. The summed E-state index contributed by atoms with van der Waals surface area (Å²) in [5, 5.41) is 2.64. The third-order valence-corrected chi connectivity index (χ3v) is 6.78. The van der Waals surface area contributed by atoms with Crippen molar-refractivity contribution in [1.29, 1.82) is 0 Å². The quantitative estimate of drug-likeness (QED) is 0.504. The van der Waals surface area contributed by atoms with Gasteiger partial charge in [0.25, 0.3) is 5.92 Å². The molecule has 11 heteroatoms. The van der Waals surface area contributed by atoms with Crippen LogP contribution in [0.25, 0.3) is 0 Å². The first kappa shape index (κ1) is 23.0. The van der Waals surface area contributed by atoms with Crippen LogP contribution in [0.4, 0.5) is 23.4 Å². The molecule has 2 fully saturated rings. The number of nitrogens with one attached hydrogen (secondary N) is 2. The van der Waals surface area contributed by atoms with E-state index in [0.717, 1.165) is 12.1 Å². The maximum absolute atomic E-state index is 14.7. The Hall–Kier alpha value is -3.76. The van der Waals surface area contributed by atoms with Crippen molar-refractivity contribution in [1.82, 2.24) is 15.0 Å². The minimum Gasteiger partial charge on any atom is -0.434 e. The molecule has 7 nitrogen and oxygen atoms in total. The second-order valence-electron chi connectivity index (χ2n) is 9.03. The van der Waals surface area contributed by atoms with Crippen molar-refractivity contribution >= 4 is 11.7 Å². The molecular weight excluding hydrogens is 468 g/mol. The standard InChI is InChI=1S/C24H20F4N4O3/c25-14-2-3-18(17(26)7-14)35-21-12-29-19(11-31-21)32-22(34)16-9-23(16)5-6-24(27,28)15(8-23)13-1-4-20(33)30-10-13/h1-4,7,10-12,15-16H,5-6,8-9H2,(H,30,33)(H,29,32,34). The minimum absolute atomic E-state index is 0.0605. The van der Waals surface area contributed by atoms with Gasteiger partial charge in [0.1, 0.15) is 5.82 Å². The van der Waals surface area contributed by atoms with Crippen LogP contribution in [0.1, 0.15) is 37.2 Å². The predicted octanol–water partition coefficient (Wildman–Crippen LogP) is 4.78. The van der Waals surface area contributed by atoms with E-state index in [1.807, 2.05) is 0 Å². The molecule has 3 aromatic rings. The van der Waals surface area contributed by atoms with Crippen molar-refractivity contribution < 1.29 is 27.1 Å². The molecule has 2 aliphatic carbocycles. The Labute approximate surface area is 196 Å². The van der Waals surface area contributed by atoms with E-state index in [4.69, 9.17) is 4.74 Å². The highest BCUT2D eigenvalue weighted by Gasteiger charge is 2.64. The van der Waals surface area contributed by atoms with Crippen molar-refractivity contribution in [3.63, 3.8) is 0 Å². The van der Waals surface area contributed by atoms with Crippen LogP contribution in [0.2, 0.25) is 0 Å². The summed E-state index contributed by atoms with van der Waals surface area (Å²) in [7, 11) is 0. The Bertz CT molecular complexity index is 1310. The molecule has 3 unspecified atom stereocenters. The van der Waals surface area contributed by atoms with Crippen LogP contribution < -0.4 is 15.6 Å². The van der Waals surface area contributed by atoms with Gasteiger partial charge in [-0.1, -0.05) is 6.07 Å². The van der Waals surface area contributed by atoms with Gasteiger partial charge in [0.2, 0.25) is 17.3 Å². The molecule has 2 N–H and O–H groups in total. The van der Waals surface area contributed by atoms with Gasteiger partial charge in [-0.2, -0.15) is 0 Å². The van der Waals surface area contributed by atoms with Crippen LogP contribution in [-0.4, -0.2) is 26.8 Å². The van der Waals surface area contributed by atoms with Crippen molar-refractivity contribution in [2.75, 3.05) is 5.32 Å². The number of carbonyl (C=O) groups excluding carboxylic acids is 1. The lowest BCUT2D eigenvalue weighted by Crippen LogP contribution is -2.36. The molecule has 0 radical (unpaired) electrons. The lowest BCUT2D eigenvalue weighted by atomic mass is 9.72. The van der Waals surface area contributed by atoms with E-state index in [1.165, 1.54) is 30.7 Å². The van der Waals surface area contributed by atoms with Crippen molar-refractivity contribution in [2.45, 2.75) is 37.5 Å². The largest absolute Gasteiger partial charge is 0.434 e. The molecule has 0 aliphatic heterocycles. The minimum atomic E-state index is -2.93. The van der Waals surface area contributed by atoms with E-state index in [2.05, 4.69) is 20.3 Å². The first-order chi connectivity index (χ1) is 16.6. The highest BCUT2D eigenvalue weighted by Crippen LogP contribution is 2.66. The topological polar surface area (TPSA) is 97.0 Å². The Morgan fingerprint density at radius 3 is 2.60 bits per heavy atom. The SMILES string of the molecule is O=C(Nc1cnc(Oc2ccc(F)cc2F)cn1)C1CC12CCC(F)(F)C(c1ccc(=O)[nH]c1)C2. The van der Waals surface area contributed by atoms with E-state index in [0.29, 0.717) is 18.1 Å². The number of alkyl halides is 2. The first-order valence-electron chi connectivity index (χ1n) is 11.0. The molecule has 0 bridgehead atoms. The van der Waals surface area contributed by atoms with Crippen molar-refractivity contribution in [3.8, 4) is 11.6 Å². The van der Waals surface area contributed by atoms with Crippen LogP contribution in [0.3, 0.4) is 0 Å². The molecule has 1 spiro atoms. The molecule has 5 rings (SSSR count). The number of hydrogen-bond acceptors (Lipinski definition) is 5. The second-order valence-corrected chi connectivity index (χ2v) is 9.03. The third-order valence-electron chi connectivity index (χ3n) is 6.78. The van der Waals surface area contributed by atoms with E-state index < -0.39 is 34.8 Å². The highest BCUT2D eigenvalue weighted by atomic mass is 19.3. The van der Waals surface area contributed by atoms with Crippen LogP contribution in [0.5, 0.6) is 11.6 Å². The fourth-order valence-corrected chi connectivity index (χ4v) is 4.79. The molecular formula is C24H20F4N4O3. The summed E-state index contributed by atoms with van der Waals surface area (Å²) in [5.74, 6) is -6.63. The van der Waals surface area contributed by atoms with Gasteiger partial charge in [-0.05, 0) is 42.4 Å². The van der Waals surface area contributed by atoms with Gasteiger partial charge in [0.15, 0.2) is 17.4 Å². The van der Waals surface area contributed by atoms with Crippen LogP contribution in [-0.2, 0) is 4.79 Å². The van der Waals surface area contributed by atoms with Crippen LogP contribution in [0.15, 0.2) is 53.7 Å². The van der Waals surface area contributed by atoms with E-state index >= 15 is 0 Å². The summed E-state index contributed by atoms with van der Waals surface area (Å²) in [6, 6.07) is 5.45. The zero-order chi connectivity index (χ0) is 24.8.